The summed E-state index contributed by atoms with van der Waals surface area (Å²) in [7, 11) is 0.576. The van der Waals surface area contributed by atoms with Crippen molar-refractivity contribution in [2.45, 2.75) is 19.4 Å². The summed E-state index contributed by atoms with van der Waals surface area (Å²) in [6, 6.07) is 1.81. The van der Waals surface area contributed by atoms with Gasteiger partial charge in [-0.25, -0.2) is 13.4 Å². The lowest BCUT2D eigenvalue weighted by Gasteiger charge is -2.24. The van der Waals surface area contributed by atoms with Crippen molar-refractivity contribution in [3.8, 4) is 0 Å². The summed E-state index contributed by atoms with van der Waals surface area (Å²) in [5.74, 6) is 1.69. The zero-order valence-corrected chi connectivity index (χ0v) is 13.5. The standard InChI is InChI=1S/C13H22N4O3S/c1-10-8-12(14-5-6-20-3)16-13(15-10)17(2)11-4-7-21(18,19)9-11/h8,11H,4-7,9H2,1-3H3,(H,14,15,16). The van der Waals surface area contributed by atoms with Gasteiger partial charge in [-0.15, -0.1) is 0 Å². The quantitative estimate of drug-likeness (QED) is 0.764. The summed E-state index contributed by atoms with van der Waals surface area (Å²) >= 11 is 0. The molecule has 1 N–H and O–H groups in total. The molecular formula is C13H22N4O3S. The lowest BCUT2D eigenvalue weighted by atomic mass is 10.2. The summed E-state index contributed by atoms with van der Waals surface area (Å²) in [5, 5.41) is 3.17. The zero-order valence-electron chi connectivity index (χ0n) is 12.7. The molecule has 1 aliphatic heterocycles. The molecule has 8 heteroatoms. The third-order valence-corrected chi connectivity index (χ3v) is 5.28. The minimum absolute atomic E-state index is 0.0522. The largest absolute Gasteiger partial charge is 0.383 e. The molecule has 0 amide bonds. The number of aromatic nitrogens is 2. The molecule has 118 valence electrons. The van der Waals surface area contributed by atoms with Crippen LogP contribution >= 0.6 is 0 Å². The van der Waals surface area contributed by atoms with E-state index >= 15 is 0 Å². The molecule has 2 rings (SSSR count). The van der Waals surface area contributed by atoms with Crippen molar-refractivity contribution in [3.63, 3.8) is 0 Å². The van der Waals surface area contributed by atoms with Gasteiger partial charge in [0.2, 0.25) is 5.95 Å². The molecule has 2 heterocycles. The molecule has 0 aromatic carbocycles. The highest BCUT2D eigenvalue weighted by molar-refractivity contribution is 7.91. The van der Waals surface area contributed by atoms with Gasteiger partial charge in [0.1, 0.15) is 5.82 Å². The summed E-state index contributed by atoms with van der Waals surface area (Å²) < 4.78 is 28.2. The second kappa shape index (κ2) is 6.57. The number of ether oxygens (including phenoxy) is 1. The van der Waals surface area contributed by atoms with Crippen molar-refractivity contribution < 1.29 is 13.2 Å². The lowest BCUT2D eigenvalue weighted by Crippen LogP contribution is -2.34. The van der Waals surface area contributed by atoms with Gasteiger partial charge in [-0.3, -0.25) is 0 Å². The Balaban J connectivity index is 2.11. The number of sulfone groups is 1. The number of hydrogen-bond acceptors (Lipinski definition) is 7. The van der Waals surface area contributed by atoms with Crippen molar-refractivity contribution in [1.82, 2.24) is 9.97 Å². The van der Waals surface area contributed by atoms with E-state index in [1.54, 1.807) is 7.11 Å². The van der Waals surface area contributed by atoms with E-state index in [2.05, 4.69) is 15.3 Å². The van der Waals surface area contributed by atoms with Gasteiger partial charge in [0, 0.05) is 38.5 Å². The van der Waals surface area contributed by atoms with E-state index in [-0.39, 0.29) is 17.5 Å². The van der Waals surface area contributed by atoms with E-state index < -0.39 is 9.84 Å². The lowest BCUT2D eigenvalue weighted by molar-refractivity contribution is 0.210. The number of nitrogens with zero attached hydrogens (tertiary/aromatic N) is 3. The van der Waals surface area contributed by atoms with E-state index in [0.717, 1.165) is 11.5 Å². The van der Waals surface area contributed by atoms with Crippen LogP contribution in [0.5, 0.6) is 0 Å². The second-order valence-corrected chi connectivity index (χ2v) is 7.51. The smallest absolute Gasteiger partial charge is 0.227 e. The van der Waals surface area contributed by atoms with Crippen LogP contribution < -0.4 is 10.2 Å². The number of methoxy groups -OCH3 is 1. The van der Waals surface area contributed by atoms with Gasteiger partial charge in [0.05, 0.1) is 18.1 Å². The molecule has 0 radical (unpaired) electrons. The average molecular weight is 314 g/mol. The number of anilines is 2. The van der Waals surface area contributed by atoms with Gasteiger partial charge in [0.15, 0.2) is 9.84 Å². The Bertz CT molecular complexity index is 591. The molecule has 0 bridgehead atoms. The van der Waals surface area contributed by atoms with E-state index in [1.165, 1.54) is 0 Å². The van der Waals surface area contributed by atoms with Crippen LogP contribution in [-0.2, 0) is 14.6 Å². The van der Waals surface area contributed by atoms with Crippen molar-refractivity contribution >= 4 is 21.6 Å². The van der Waals surface area contributed by atoms with Gasteiger partial charge >= 0.3 is 0 Å². The Morgan fingerprint density at radius 1 is 1.48 bits per heavy atom. The number of hydrogen-bond donors (Lipinski definition) is 1. The molecule has 0 saturated carbocycles. The molecule has 21 heavy (non-hydrogen) atoms. The van der Waals surface area contributed by atoms with E-state index in [1.807, 2.05) is 24.9 Å². The first-order valence-corrected chi connectivity index (χ1v) is 8.75. The molecule has 0 spiro atoms. The normalized spacial score (nSPS) is 20.4. The van der Waals surface area contributed by atoms with Crippen LogP contribution in [0.1, 0.15) is 12.1 Å². The molecule has 1 aromatic heterocycles. The molecular weight excluding hydrogens is 292 g/mol. The highest BCUT2D eigenvalue weighted by atomic mass is 32.2. The van der Waals surface area contributed by atoms with Crippen LogP contribution in [0.2, 0.25) is 0 Å². The number of nitrogens with one attached hydrogen (secondary N) is 1. The summed E-state index contributed by atoms with van der Waals surface area (Å²) in [4.78, 5) is 10.7. The maximum absolute atomic E-state index is 11.6. The molecule has 7 nitrogen and oxygen atoms in total. The van der Waals surface area contributed by atoms with Crippen LogP contribution in [0.3, 0.4) is 0 Å². The fourth-order valence-electron chi connectivity index (χ4n) is 2.33. The Kier molecular flexibility index (Phi) is 5.00. The molecule has 1 atom stereocenters. The summed E-state index contributed by atoms with van der Waals surface area (Å²) in [6.45, 7) is 3.15. The van der Waals surface area contributed by atoms with Crippen LogP contribution in [0.15, 0.2) is 6.07 Å². The van der Waals surface area contributed by atoms with Gasteiger partial charge in [-0.2, -0.15) is 4.98 Å². The highest BCUT2D eigenvalue weighted by Crippen LogP contribution is 2.21. The van der Waals surface area contributed by atoms with Crippen molar-refractivity contribution in [2.75, 3.05) is 49.0 Å². The fraction of sp³-hybridized carbons (Fsp3) is 0.692. The SMILES string of the molecule is COCCNc1cc(C)nc(N(C)C2CCS(=O)(=O)C2)n1. The van der Waals surface area contributed by atoms with Gasteiger partial charge in [-0.05, 0) is 13.3 Å². The van der Waals surface area contributed by atoms with Gasteiger partial charge in [-0.1, -0.05) is 0 Å². The van der Waals surface area contributed by atoms with E-state index in [9.17, 15) is 8.42 Å². The Morgan fingerprint density at radius 3 is 2.86 bits per heavy atom. The highest BCUT2D eigenvalue weighted by Gasteiger charge is 2.31. The Hall–Kier alpha value is -1.41. The summed E-state index contributed by atoms with van der Waals surface area (Å²) in [5.41, 5.74) is 0.840. The zero-order chi connectivity index (χ0) is 15.5. The number of aryl methyl sites for hydroxylation is 1. The number of rotatable bonds is 6. The van der Waals surface area contributed by atoms with Crippen molar-refractivity contribution in [1.29, 1.82) is 0 Å². The molecule has 1 aromatic rings. The van der Waals surface area contributed by atoms with Crippen molar-refractivity contribution in [3.05, 3.63) is 11.8 Å². The van der Waals surface area contributed by atoms with Crippen LogP contribution in [0.25, 0.3) is 0 Å². The maximum atomic E-state index is 11.6. The van der Waals surface area contributed by atoms with Crippen LogP contribution in [-0.4, -0.2) is 63.2 Å². The molecule has 1 saturated heterocycles. The predicted octanol–water partition coefficient (Wildman–Crippen LogP) is 0.467. The predicted molar refractivity (Wildman–Crippen MR) is 82.6 cm³/mol. The van der Waals surface area contributed by atoms with E-state index in [0.29, 0.717) is 25.5 Å². The first kappa shape index (κ1) is 16.0. The monoisotopic (exact) mass is 314 g/mol. The average Bonchev–Trinajstić information content (AvgIpc) is 2.78. The van der Waals surface area contributed by atoms with E-state index in [4.69, 9.17) is 4.74 Å². The Labute approximate surface area is 125 Å². The van der Waals surface area contributed by atoms with Crippen molar-refractivity contribution in [2.24, 2.45) is 0 Å². The van der Waals surface area contributed by atoms with Gasteiger partial charge in [0.25, 0.3) is 0 Å². The first-order chi connectivity index (χ1) is 9.91. The maximum Gasteiger partial charge on any atom is 0.227 e. The van der Waals surface area contributed by atoms with Gasteiger partial charge < -0.3 is 15.0 Å². The third kappa shape index (κ3) is 4.28. The minimum atomic E-state index is -2.92. The first-order valence-electron chi connectivity index (χ1n) is 6.93. The second-order valence-electron chi connectivity index (χ2n) is 5.28. The topological polar surface area (TPSA) is 84.4 Å². The molecule has 1 unspecified atom stereocenters. The van der Waals surface area contributed by atoms with Crippen LogP contribution in [0, 0.1) is 6.92 Å². The summed E-state index contributed by atoms with van der Waals surface area (Å²) in [6.07, 6.45) is 0.628. The molecule has 0 aliphatic carbocycles. The minimum Gasteiger partial charge on any atom is -0.383 e. The third-order valence-electron chi connectivity index (χ3n) is 3.53. The van der Waals surface area contributed by atoms with Crippen LogP contribution in [0.4, 0.5) is 11.8 Å². The molecule has 1 aliphatic rings. The molecule has 1 fully saturated rings. The Morgan fingerprint density at radius 2 is 2.24 bits per heavy atom. The fourth-order valence-corrected chi connectivity index (χ4v) is 4.10.